The third kappa shape index (κ3) is 3.34. The maximum absolute atomic E-state index is 12.6. The van der Waals surface area contributed by atoms with Crippen LogP contribution in [-0.4, -0.2) is 39.2 Å². The van der Waals surface area contributed by atoms with Gasteiger partial charge in [0, 0.05) is 11.3 Å². The monoisotopic (exact) mass is 400 g/mol. The predicted molar refractivity (Wildman–Crippen MR) is 107 cm³/mol. The smallest absolute Gasteiger partial charge is 0.338 e. The molecule has 1 fully saturated rings. The average molecular weight is 400 g/mol. The lowest BCUT2D eigenvalue weighted by Gasteiger charge is -2.51. The molecule has 6 heteroatoms. The fourth-order valence-electron chi connectivity index (χ4n) is 5.20. The van der Waals surface area contributed by atoms with Crippen molar-refractivity contribution in [3.05, 3.63) is 40.5 Å². The molecule has 156 valence electrons. The summed E-state index contributed by atoms with van der Waals surface area (Å²) in [6, 6.07) is 3.69. The van der Waals surface area contributed by atoms with E-state index in [0.29, 0.717) is 11.1 Å². The van der Waals surface area contributed by atoms with E-state index in [1.807, 2.05) is 25.1 Å². The van der Waals surface area contributed by atoms with Crippen molar-refractivity contribution in [2.45, 2.75) is 44.9 Å². The number of esters is 3. The average Bonchev–Trinajstić information content (AvgIpc) is 2.71. The molecule has 0 spiro atoms. The molecular formula is C23H28O6. The second-order valence-electron chi connectivity index (χ2n) is 8.36. The number of hydrogen-bond donors (Lipinski definition) is 0. The predicted octanol–water partition coefficient (Wildman–Crippen LogP) is 3.45. The van der Waals surface area contributed by atoms with Gasteiger partial charge in [-0.25, -0.2) is 4.79 Å². The van der Waals surface area contributed by atoms with Crippen molar-refractivity contribution >= 4 is 24.0 Å². The van der Waals surface area contributed by atoms with Crippen LogP contribution in [0.1, 0.15) is 60.2 Å². The van der Waals surface area contributed by atoms with Crippen LogP contribution in [0, 0.1) is 11.3 Å². The molecule has 1 saturated carbocycles. The molecule has 0 heterocycles. The minimum Gasteiger partial charge on any atom is -0.469 e. The number of ether oxygens (including phenoxy) is 3. The van der Waals surface area contributed by atoms with Crippen molar-refractivity contribution in [1.82, 2.24) is 0 Å². The Balaban J connectivity index is 2.16. The fraction of sp³-hybridized carbons (Fsp3) is 0.522. The molecule has 0 aliphatic heterocycles. The third-order valence-corrected chi connectivity index (χ3v) is 6.74. The molecule has 3 atom stereocenters. The van der Waals surface area contributed by atoms with Crippen LogP contribution in [0.25, 0.3) is 6.08 Å². The van der Waals surface area contributed by atoms with Gasteiger partial charge in [-0.3, -0.25) is 9.59 Å². The van der Waals surface area contributed by atoms with Crippen molar-refractivity contribution in [3.8, 4) is 0 Å². The molecule has 29 heavy (non-hydrogen) atoms. The lowest BCUT2D eigenvalue weighted by atomic mass is 9.51. The van der Waals surface area contributed by atoms with Gasteiger partial charge >= 0.3 is 17.9 Å². The maximum atomic E-state index is 12.6. The molecule has 0 N–H and O–H groups in total. The van der Waals surface area contributed by atoms with Crippen LogP contribution < -0.4 is 0 Å². The zero-order chi connectivity index (χ0) is 21.4. The van der Waals surface area contributed by atoms with Crippen LogP contribution in [0.15, 0.2) is 18.2 Å². The quantitative estimate of drug-likeness (QED) is 0.569. The Morgan fingerprint density at radius 1 is 1.03 bits per heavy atom. The van der Waals surface area contributed by atoms with Crippen molar-refractivity contribution in [2.75, 3.05) is 21.3 Å². The summed E-state index contributed by atoms with van der Waals surface area (Å²) >= 11 is 0. The fourth-order valence-corrected chi connectivity index (χ4v) is 5.20. The zero-order valence-corrected chi connectivity index (χ0v) is 17.7. The van der Waals surface area contributed by atoms with Crippen molar-refractivity contribution < 1.29 is 28.6 Å². The molecule has 0 amide bonds. The van der Waals surface area contributed by atoms with Crippen LogP contribution >= 0.6 is 0 Å². The standard InChI is InChI=1S/C23H28O6/c1-22-9-6-10-23(2,21(26)29-5)18(22)8-7-14-11-15(12-19(24)27-3)16(13-17(14)22)20(25)28-4/h7-8,11,13,18H,6,9-10,12H2,1-5H3/t18-,22-,23+/m1/s1. The van der Waals surface area contributed by atoms with Crippen molar-refractivity contribution in [3.63, 3.8) is 0 Å². The Bertz CT molecular complexity index is 886. The van der Waals surface area contributed by atoms with E-state index >= 15 is 0 Å². The van der Waals surface area contributed by atoms with E-state index in [9.17, 15) is 14.4 Å². The highest BCUT2D eigenvalue weighted by Gasteiger charge is 2.54. The number of benzene rings is 1. The molecule has 0 unspecified atom stereocenters. The maximum Gasteiger partial charge on any atom is 0.338 e. The molecule has 0 radical (unpaired) electrons. The minimum absolute atomic E-state index is 0.0118. The first-order chi connectivity index (χ1) is 13.7. The zero-order valence-electron chi connectivity index (χ0n) is 17.7. The molecule has 0 saturated heterocycles. The van der Waals surface area contributed by atoms with Crippen LogP contribution in [-0.2, 0) is 35.6 Å². The van der Waals surface area contributed by atoms with Crippen LogP contribution in [0.4, 0.5) is 0 Å². The van der Waals surface area contributed by atoms with Gasteiger partial charge in [0.2, 0.25) is 0 Å². The van der Waals surface area contributed by atoms with E-state index in [2.05, 4.69) is 13.0 Å². The summed E-state index contributed by atoms with van der Waals surface area (Å²) in [6.45, 7) is 4.10. The number of fused-ring (bicyclic) bond motifs is 3. The van der Waals surface area contributed by atoms with E-state index in [-0.39, 0.29) is 23.7 Å². The Labute approximate surface area is 171 Å². The SMILES string of the molecule is COC(=O)Cc1cc2c(cc1C(=O)OC)[C@@]1(C)CCC[C@](C)(C(=O)OC)[C@@H]1C=C2. The van der Waals surface area contributed by atoms with Crippen molar-refractivity contribution in [1.29, 1.82) is 0 Å². The highest BCUT2D eigenvalue weighted by Crippen LogP contribution is 2.56. The second-order valence-corrected chi connectivity index (χ2v) is 8.36. The van der Waals surface area contributed by atoms with Gasteiger partial charge in [-0.1, -0.05) is 31.6 Å². The Hall–Kier alpha value is -2.63. The van der Waals surface area contributed by atoms with E-state index in [1.165, 1.54) is 21.3 Å². The molecule has 2 aliphatic carbocycles. The van der Waals surface area contributed by atoms with Gasteiger partial charge in [-0.2, -0.15) is 0 Å². The van der Waals surface area contributed by atoms with Crippen LogP contribution in [0.2, 0.25) is 0 Å². The number of allylic oxidation sites excluding steroid dienone is 1. The summed E-state index contributed by atoms with van der Waals surface area (Å²) in [4.78, 5) is 37.0. The van der Waals surface area contributed by atoms with Gasteiger partial charge in [-0.05, 0) is 42.5 Å². The molecule has 1 aromatic rings. The number of carbonyl (C=O) groups excluding carboxylic acids is 3. The van der Waals surface area contributed by atoms with E-state index in [0.717, 1.165) is 30.4 Å². The summed E-state index contributed by atoms with van der Waals surface area (Å²) < 4.78 is 14.9. The molecule has 1 aromatic carbocycles. The Morgan fingerprint density at radius 3 is 2.38 bits per heavy atom. The molecule has 6 nitrogen and oxygen atoms in total. The van der Waals surface area contributed by atoms with E-state index < -0.39 is 17.4 Å². The number of rotatable bonds is 4. The van der Waals surface area contributed by atoms with Gasteiger partial charge in [-0.15, -0.1) is 0 Å². The second kappa shape index (κ2) is 7.65. The number of methoxy groups -OCH3 is 3. The topological polar surface area (TPSA) is 78.9 Å². The summed E-state index contributed by atoms with van der Waals surface area (Å²) in [5.74, 6) is -1.18. The van der Waals surface area contributed by atoms with Gasteiger partial charge in [0.15, 0.2) is 0 Å². The van der Waals surface area contributed by atoms with Gasteiger partial charge in [0.25, 0.3) is 0 Å². The number of carbonyl (C=O) groups is 3. The highest BCUT2D eigenvalue weighted by molar-refractivity contribution is 5.93. The molecular weight excluding hydrogens is 372 g/mol. The van der Waals surface area contributed by atoms with Crippen LogP contribution in [0.5, 0.6) is 0 Å². The van der Waals surface area contributed by atoms with Crippen molar-refractivity contribution in [2.24, 2.45) is 11.3 Å². The van der Waals surface area contributed by atoms with Gasteiger partial charge in [0.05, 0.1) is 38.7 Å². The Morgan fingerprint density at radius 2 is 1.76 bits per heavy atom. The largest absolute Gasteiger partial charge is 0.469 e. The molecule has 0 bridgehead atoms. The van der Waals surface area contributed by atoms with Crippen LogP contribution in [0.3, 0.4) is 0 Å². The van der Waals surface area contributed by atoms with Gasteiger partial charge in [0.1, 0.15) is 0 Å². The molecule has 3 rings (SSSR count). The normalized spacial score (nSPS) is 27.4. The first-order valence-corrected chi connectivity index (χ1v) is 9.80. The lowest BCUT2D eigenvalue weighted by molar-refractivity contribution is -0.158. The first-order valence-electron chi connectivity index (χ1n) is 9.80. The van der Waals surface area contributed by atoms with E-state index in [1.54, 1.807) is 0 Å². The summed E-state index contributed by atoms with van der Waals surface area (Å²) in [6.07, 6.45) is 6.57. The summed E-state index contributed by atoms with van der Waals surface area (Å²) in [7, 11) is 4.07. The lowest BCUT2D eigenvalue weighted by Crippen LogP contribution is -2.51. The highest BCUT2D eigenvalue weighted by atomic mass is 16.5. The summed E-state index contributed by atoms with van der Waals surface area (Å²) in [5.41, 5.74) is 1.90. The minimum atomic E-state index is -0.633. The molecule has 2 aliphatic rings. The van der Waals surface area contributed by atoms with Gasteiger partial charge < -0.3 is 14.2 Å². The third-order valence-electron chi connectivity index (χ3n) is 6.74. The van der Waals surface area contributed by atoms with E-state index in [4.69, 9.17) is 14.2 Å². The first kappa shape index (κ1) is 21.1. The Kier molecular flexibility index (Phi) is 5.57. The number of hydrogen-bond acceptors (Lipinski definition) is 6. The molecule has 0 aromatic heterocycles. The summed E-state index contributed by atoms with van der Waals surface area (Å²) in [5, 5.41) is 0.